The Balaban J connectivity index is 0.000000227. The minimum atomic E-state index is -2.98. The molecule has 0 bridgehead atoms. The number of piperidine rings is 2. The van der Waals surface area contributed by atoms with Gasteiger partial charge in [0.25, 0.3) is 17.0 Å². The van der Waals surface area contributed by atoms with E-state index in [-0.39, 0.29) is 77.4 Å². The number of alkyl carbamates (subject to hydrolysis) is 1. The third kappa shape index (κ3) is 15.6. The van der Waals surface area contributed by atoms with Crippen LogP contribution in [0.2, 0.25) is 0 Å². The molecule has 3 amide bonds. The molecule has 0 saturated carbocycles. The fraction of sp³-hybridized carbons (Fsp3) is 0.424. The lowest BCUT2D eigenvalue weighted by atomic mass is 9.90. The number of aliphatic hydroxyl groups is 1. The lowest BCUT2D eigenvalue weighted by molar-refractivity contribution is -0.156. The summed E-state index contributed by atoms with van der Waals surface area (Å²) in [6.45, 7) is 6.93. The minimum absolute atomic E-state index is 0.00805. The molecule has 2 aliphatic heterocycles. The van der Waals surface area contributed by atoms with E-state index < -0.39 is 50.1 Å². The molecule has 2 fully saturated rings. The van der Waals surface area contributed by atoms with Gasteiger partial charge in [-0.2, -0.15) is 17.6 Å². The van der Waals surface area contributed by atoms with E-state index in [0.29, 0.717) is 83.4 Å². The molecule has 2 saturated heterocycles. The van der Waals surface area contributed by atoms with E-state index in [1.54, 1.807) is 141 Å². The number of amides is 3. The number of fused-ring (bicyclic) bond motifs is 2. The molecule has 22 nitrogen and oxygen atoms in total. The predicted octanol–water partition coefficient (Wildman–Crippen LogP) is 9.17. The lowest BCUT2D eigenvalue weighted by Gasteiger charge is -2.37. The number of carbonyl (C=O) groups is 4. The van der Waals surface area contributed by atoms with Gasteiger partial charge in [-0.1, -0.05) is 62.4 Å². The Labute approximate surface area is 527 Å². The van der Waals surface area contributed by atoms with Crippen molar-refractivity contribution in [2.24, 2.45) is 20.0 Å². The molecule has 92 heavy (non-hydrogen) atoms. The van der Waals surface area contributed by atoms with Crippen LogP contribution in [0.4, 0.5) is 22.4 Å². The maximum Gasteiger partial charge on any atom is 0.408 e. The Morgan fingerprint density at radius 3 is 1.45 bits per heavy atom. The van der Waals surface area contributed by atoms with E-state index in [1.807, 2.05) is 38.1 Å². The standard InChI is InChI=1S/C38H46F2N6O7.C28H29F2N5O4/c1-22(2)32(43-37(50)53-38(4,5)6)35(49)51-21-31(47)45-15-14-25(16-23(45)3)33-41-18-27(19-42-33)24-12-13-28-29(17-24)46(44(7)34(28)48)20-26-10-8-9-11-30(26)52-36(39)40;1-17-11-19(9-10-34(17)25(37)16-36)26-31-13-21(14-32-26)18-7-8-22-23(12-18)35(33(2)27(22)38)15-20-5-3-4-6-24(20)39-28(29)30/h8-13,17-19,22-23,25,32,36H,14-16,20-21H2,1-7H3,(H,43,50);3-8,12-14,17,19,28,36H,9-11,15-16H2,1-2H3/t23-,25?,32+;17-,19?/m11/s1. The Bertz CT molecular complexity index is 4070. The molecule has 26 heteroatoms. The number of benzene rings is 4. The summed E-state index contributed by atoms with van der Waals surface area (Å²) in [5, 5.41) is 12.7. The average molecular weight is 1270 g/mol. The molecule has 8 aromatic rings. The topological polar surface area (TPSA) is 249 Å². The predicted molar refractivity (Wildman–Crippen MR) is 333 cm³/mol. The van der Waals surface area contributed by atoms with Gasteiger partial charge < -0.3 is 39.2 Å². The number of nitrogens with one attached hydrogen (secondary N) is 1. The maximum atomic E-state index is 13.1. The van der Waals surface area contributed by atoms with E-state index in [9.17, 15) is 51.4 Å². The molecule has 2 aliphatic rings. The molecule has 2 unspecified atom stereocenters. The SMILES string of the molecule is CC(C)[C@H](NC(=O)OC(C)(C)C)C(=O)OCC(=O)N1CCC(c2ncc(-c3ccc4c(=O)n(C)n(Cc5ccccc5OC(F)F)c4c3)cn2)C[C@H]1C.C[C@@H]1CC(c2ncc(-c3ccc4c(=O)n(C)n(Cc5ccccc5OC(F)F)c4c3)cn2)CCN1C(=O)CO. The van der Waals surface area contributed by atoms with E-state index in [0.717, 1.165) is 22.3 Å². The smallest absolute Gasteiger partial charge is 0.408 e. The van der Waals surface area contributed by atoms with Crippen LogP contribution in [0.1, 0.15) is 109 Å². The summed E-state index contributed by atoms with van der Waals surface area (Å²) in [7, 11) is 3.26. The van der Waals surface area contributed by atoms with E-state index in [1.165, 1.54) is 21.5 Å². The third-order valence-electron chi connectivity index (χ3n) is 16.5. The van der Waals surface area contributed by atoms with Crippen molar-refractivity contribution in [2.45, 2.75) is 136 Å². The van der Waals surface area contributed by atoms with E-state index >= 15 is 0 Å². The van der Waals surface area contributed by atoms with Crippen molar-refractivity contribution in [3.63, 3.8) is 0 Å². The van der Waals surface area contributed by atoms with E-state index in [4.69, 9.17) is 14.2 Å². The van der Waals surface area contributed by atoms with Gasteiger partial charge in [0.15, 0.2) is 6.61 Å². The second kappa shape index (κ2) is 28.8. The first-order valence-corrected chi connectivity index (χ1v) is 30.2. The first-order valence-electron chi connectivity index (χ1n) is 30.2. The number of rotatable bonds is 18. The molecule has 5 atom stereocenters. The highest BCUT2D eigenvalue weighted by atomic mass is 19.3. The van der Waals surface area contributed by atoms with Crippen molar-refractivity contribution >= 4 is 45.7 Å². The van der Waals surface area contributed by atoms with Crippen molar-refractivity contribution in [2.75, 3.05) is 26.3 Å². The number of nitrogens with zero attached hydrogens (tertiary/aromatic N) is 10. The van der Waals surface area contributed by atoms with Gasteiger partial charge in [0.2, 0.25) is 5.91 Å². The number of carbonyl (C=O) groups excluding carboxylic acids is 4. The van der Waals surface area contributed by atoms with Gasteiger partial charge >= 0.3 is 25.3 Å². The molecule has 0 aliphatic carbocycles. The zero-order valence-electron chi connectivity index (χ0n) is 52.6. The summed E-state index contributed by atoms with van der Waals surface area (Å²) in [6.07, 6.45) is 8.83. The van der Waals surface area contributed by atoms with Crippen molar-refractivity contribution in [1.82, 2.24) is 53.8 Å². The number of hydrogen-bond acceptors (Lipinski definition) is 15. The van der Waals surface area contributed by atoms with Crippen LogP contribution in [0.3, 0.4) is 0 Å². The summed E-state index contributed by atoms with van der Waals surface area (Å²) in [6, 6.07) is 22.7. The summed E-state index contributed by atoms with van der Waals surface area (Å²) >= 11 is 0. The van der Waals surface area contributed by atoms with Gasteiger partial charge in [0.1, 0.15) is 41.4 Å². The minimum Gasteiger partial charge on any atom is -0.454 e. The Hall–Kier alpha value is -9.46. The highest BCUT2D eigenvalue weighted by Crippen LogP contribution is 2.34. The number of hydrogen-bond donors (Lipinski definition) is 2. The number of halogens is 4. The van der Waals surface area contributed by atoms with Gasteiger partial charge in [0, 0.05) is 98.1 Å². The van der Waals surface area contributed by atoms with Gasteiger partial charge in [-0.05, 0) is 114 Å². The Morgan fingerprint density at radius 2 is 1.05 bits per heavy atom. The van der Waals surface area contributed by atoms with Crippen LogP contribution in [0, 0.1) is 5.92 Å². The number of para-hydroxylation sites is 2. The van der Waals surface area contributed by atoms with Crippen molar-refractivity contribution in [1.29, 1.82) is 0 Å². The van der Waals surface area contributed by atoms with Crippen LogP contribution in [0.25, 0.3) is 44.1 Å². The third-order valence-corrected chi connectivity index (χ3v) is 16.5. The molecule has 4 aromatic carbocycles. The van der Waals surface area contributed by atoms with Crippen molar-refractivity contribution in [3.8, 4) is 33.8 Å². The van der Waals surface area contributed by atoms with Crippen LogP contribution < -0.4 is 25.9 Å². The van der Waals surface area contributed by atoms with Crippen LogP contribution >= 0.6 is 0 Å². The highest BCUT2D eigenvalue weighted by molar-refractivity contribution is 5.87. The van der Waals surface area contributed by atoms with E-state index in [2.05, 4.69) is 30.0 Å². The zero-order chi connectivity index (χ0) is 66.3. The Morgan fingerprint density at radius 1 is 0.630 bits per heavy atom. The fourth-order valence-electron chi connectivity index (χ4n) is 11.8. The molecule has 10 rings (SSSR count). The number of alkyl halides is 4. The fourth-order valence-corrected chi connectivity index (χ4v) is 11.8. The largest absolute Gasteiger partial charge is 0.454 e. The van der Waals surface area contributed by atoms with Gasteiger partial charge in [-0.3, -0.25) is 37.9 Å². The monoisotopic (exact) mass is 1270 g/mol. The van der Waals surface area contributed by atoms with Crippen LogP contribution in [0.5, 0.6) is 11.5 Å². The zero-order valence-corrected chi connectivity index (χ0v) is 52.6. The number of aliphatic hydroxyl groups excluding tert-OH is 1. The number of ether oxygens (including phenoxy) is 4. The van der Waals surface area contributed by atoms with Crippen LogP contribution in [0.15, 0.2) is 119 Å². The van der Waals surface area contributed by atoms with Crippen LogP contribution in [-0.4, -0.2) is 141 Å². The first-order chi connectivity index (χ1) is 43.8. The molecule has 4 aromatic heterocycles. The summed E-state index contributed by atoms with van der Waals surface area (Å²) in [4.78, 5) is 98.0. The highest BCUT2D eigenvalue weighted by Gasteiger charge is 2.34. The summed E-state index contributed by atoms with van der Waals surface area (Å²) in [5.41, 5.74) is 4.18. The summed E-state index contributed by atoms with van der Waals surface area (Å²) in [5.74, 6) is -0.0694. The second-order valence-electron chi connectivity index (χ2n) is 24.3. The quantitative estimate of drug-likeness (QED) is 0.0600. The van der Waals surface area contributed by atoms with Crippen molar-refractivity contribution < 1.29 is 60.8 Å². The van der Waals surface area contributed by atoms with Crippen molar-refractivity contribution in [3.05, 3.63) is 153 Å². The lowest BCUT2D eigenvalue weighted by Crippen LogP contribution is -2.49. The molecule has 0 radical (unpaired) electrons. The maximum absolute atomic E-state index is 13.1. The number of likely N-dealkylation sites (tertiary alicyclic amines) is 2. The average Bonchev–Trinajstić information content (AvgIpc) is 1.62. The normalized spacial score (nSPS) is 17.2. The molecular formula is C66H75F4N11O11. The van der Waals surface area contributed by atoms with Gasteiger partial charge in [-0.25, -0.2) is 29.5 Å². The van der Waals surface area contributed by atoms with Gasteiger partial charge in [-0.15, -0.1) is 0 Å². The van der Waals surface area contributed by atoms with Crippen LogP contribution in [-0.2, 0) is 51.0 Å². The second-order valence-corrected chi connectivity index (χ2v) is 24.3. The first kappa shape index (κ1) is 66.9. The molecule has 0 spiro atoms. The molecule has 6 heterocycles. The number of aromatic nitrogens is 8. The molecular weight excluding hydrogens is 1200 g/mol. The van der Waals surface area contributed by atoms with Gasteiger partial charge in [0.05, 0.1) is 34.9 Å². The molecule has 488 valence electrons. The molecule has 2 N–H and O–H groups in total. The number of esters is 1. The summed E-state index contributed by atoms with van der Waals surface area (Å²) < 4.78 is 78.3. The Kier molecular flexibility index (Phi) is 21.0.